The summed E-state index contributed by atoms with van der Waals surface area (Å²) in [6.07, 6.45) is 4.66. The minimum atomic E-state index is -0.755. The smallest absolute Gasteiger partial charge is 0.268 e. The normalized spacial score (nSPS) is 25.4. The van der Waals surface area contributed by atoms with Crippen molar-refractivity contribution in [1.29, 1.82) is 0 Å². The van der Waals surface area contributed by atoms with E-state index in [2.05, 4.69) is 0 Å². The summed E-state index contributed by atoms with van der Waals surface area (Å²) in [6, 6.07) is 0. The highest BCUT2D eigenvalue weighted by Gasteiger charge is 2.37. The lowest BCUT2D eigenvalue weighted by Gasteiger charge is -2.31. The van der Waals surface area contributed by atoms with Gasteiger partial charge in [0.2, 0.25) is 5.43 Å². The number of rotatable bonds is 1. The molecule has 0 radical (unpaired) electrons. The molecule has 0 aliphatic heterocycles. The fraction of sp³-hybridized carbons (Fsp3) is 0.385. The Balaban J connectivity index is 2.55. The van der Waals surface area contributed by atoms with Crippen molar-refractivity contribution in [3.63, 3.8) is 0 Å². The highest BCUT2D eigenvalue weighted by atomic mass is 16.3. The fourth-order valence-electron chi connectivity index (χ4n) is 2.68. The maximum absolute atomic E-state index is 11.5. The molecule has 1 N–H and O–H groups in total. The van der Waals surface area contributed by atoms with Crippen LogP contribution in [0.4, 0.5) is 0 Å². The van der Waals surface area contributed by atoms with Gasteiger partial charge in [-0.3, -0.25) is 9.59 Å². The minimum Gasteiger partial charge on any atom is -0.504 e. The van der Waals surface area contributed by atoms with Crippen LogP contribution in [0, 0.1) is 0 Å². The Bertz CT molecular complexity index is 583. The monoisotopic (exact) mass is 218 g/mol. The molecule has 0 saturated heterocycles. The number of hydrogen-bond donors (Lipinski definition) is 1. The summed E-state index contributed by atoms with van der Waals surface area (Å²) < 4.78 is 0. The molecule has 0 aromatic heterocycles. The molecule has 1 aromatic rings. The molecule has 3 heteroatoms. The van der Waals surface area contributed by atoms with E-state index in [4.69, 9.17) is 0 Å². The molecule has 0 fully saturated rings. The Hall–Kier alpha value is -1.64. The molecule has 0 heterocycles. The van der Waals surface area contributed by atoms with Gasteiger partial charge in [-0.2, -0.15) is 0 Å². The summed E-state index contributed by atoms with van der Waals surface area (Å²) in [6.45, 7) is 5.81. The van der Waals surface area contributed by atoms with Crippen LogP contribution in [0.25, 0.3) is 0 Å². The Morgan fingerprint density at radius 1 is 1.25 bits per heavy atom. The zero-order valence-electron chi connectivity index (χ0n) is 9.63. The van der Waals surface area contributed by atoms with Gasteiger partial charge in [0, 0.05) is 5.41 Å². The summed E-state index contributed by atoms with van der Waals surface area (Å²) in [7, 11) is 0. The largest absolute Gasteiger partial charge is 0.504 e. The second-order valence-corrected chi connectivity index (χ2v) is 4.86. The fourth-order valence-corrected chi connectivity index (χ4v) is 2.68. The van der Waals surface area contributed by atoms with Crippen LogP contribution in [0.5, 0.6) is 5.75 Å². The first-order chi connectivity index (χ1) is 7.35. The van der Waals surface area contributed by atoms with E-state index in [-0.39, 0.29) is 11.3 Å². The Labute approximate surface area is 93.4 Å². The van der Waals surface area contributed by atoms with Crippen molar-refractivity contribution < 1.29 is 5.11 Å². The lowest BCUT2D eigenvalue weighted by molar-refractivity contribution is 0.428. The highest BCUT2D eigenvalue weighted by molar-refractivity contribution is 5.50. The van der Waals surface area contributed by atoms with Gasteiger partial charge in [-0.25, -0.2) is 0 Å². The summed E-state index contributed by atoms with van der Waals surface area (Å²) in [4.78, 5) is 22.5. The molecular formula is C13H14O3. The summed E-state index contributed by atoms with van der Waals surface area (Å²) >= 11 is 0. The van der Waals surface area contributed by atoms with Gasteiger partial charge in [0.15, 0.2) is 5.75 Å². The molecule has 1 aromatic carbocycles. The van der Waals surface area contributed by atoms with E-state index >= 15 is 0 Å². The molecule has 2 rings (SSSR count). The molecule has 0 spiro atoms. The van der Waals surface area contributed by atoms with Crippen molar-refractivity contribution in [2.24, 2.45) is 0 Å². The van der Waals surface area contributed by atoms with Gasteiger partial charge in [-0.15, -0.1) is 0 Å². The molecule has 0 saturated carbocycles. The third-order valence-electron chi connectivity index (χ3n) is 3.12. The van der Waals surface area contributed by atoms with Crippen molar-refractivity contribution >= 4 is 0 Å². The van der Waals surface area contributed by atoms with Crippen LogP contribution >= 0.6 is 0 Å². The topological polar surface area (TPSA) is 54.4 Å². The van der Waals surface area contributed by atoms with Crippen molar-refractivity contribution in [3.8, 4) is 5.75 Å². The first-order valence-electron chi connectivity index (χ1n) is 5.24. The van der Waals surface area contributed by atoms with Crippen LogP contribution in [0.15, 0.2) is 32.9 Å². The molecule has 1 aliphatic carbocycles. The summed E-state index contributed by atoms with van der Waals surface area (Å²) in [5, 5.41) is 9.50. The van der Waals surface area contributed by atoms with E-state index in [0.717, 1.165) is 11.1 Å². The standard InChI is InChI=1S/C13H14O3/c1-7-4-8(2)6-13(3,5-7)9-10(14)12(16)11(9)15/h4-5,14H,6H2,1-3H3. The second kappa shape index (κ2) is 3.17. The van der Waals surface area contributed by atoms with Gasteiger partial charge in [0.05, 0.1) is 5.56 Å². The lowest BCUT2D eigenvalue weighted by atomic mass is 9.71. The molecule has 84 valence electrons. The predicted octanol–water partition coefficient (Wildman–Crippen LogP) is 1.54. The van der Waals surface area contributed by atoms with Gasteiger partial charge in [0.1, 0.15) is 0 Å². The maximum Gasteiger partial charge on any atom is 0.268 e. The average Bonchev–Trinajstić information content (AvgIpc) is 2.14. The molecular weight excluding hydrogens is 204 g/mol. The van der Waals surface area contributed by atoms with Gasteiger partial charge >= 0.3 is 0 Å². The van der Waals surface area contributed by atoms with Crippen LogP contribution in [0.3, 0.4) is 0 Å². The van der Waals surface area contributed by atoms with Crippen molar-refractivity contribution in [1.82, 2.24) is 0 Å². The number of hydrogen-bond acceptors (Lipinski definition) is 3. The van der Waals surface area contributed by atoms with Gasteiger partial charge in [-0.1, -0.05) is 30.2 Å². The Morgan fingerprint density at radius 3 is 2.38 bits per heavy atom. The predicted molar refractivity (Wildman–Crippen MR) is 62.5 cm³/mol. The van der Waals surface area contributed by atoms with E-state index in [1.807, 2.05) is 32.9 Å². The molecule has 1 unspecified atom stereocenters. The third-order valence-corrected chi connectivity index (χ3v) is 3.12. The van der Waals surface area contributed by atoms with E-state index in [1.165, 1.54) is 0 Å². The van der Waals surface area contributed by atoms with Crippen LogP contribution in [-0.2, 0) is 5.41 Å². The van der Waals surface area contributed by atoms with Crippen LogP contribution in [-0.4, -0.2) is 5.11 Å². The van der Waals surface area contributed by atoms with E-state index in [9.17, 15) is 14.7 Å². The third kappa shape index (κ3) is 1.35. The zero-order chi connectivity index (χ0) is 12.1. The molecule has 0 bridgehead atoms. The summed E-state index contributed by atoms with van der Waals surface area (Å²) in [5.74, 6) is -0.355. The maximum atomic E-state index is 11.5. The minimum absolute atomic E-state index is 0.268. The van der Waals surface area contributed by atoms with Gasteiger partial charge in [-0.05, 0) is 20.3 Å². The van der Waals surface area contributed by atoms with E-state index < -0.39 is 16.3 Å². The summed E-state index contributed by atoms with van der Waals surface area (Å²) in [5.41, 5.74) is 0.643. The van der Waals surface area contributed by atoms with Crippen LogP contribution in [0.2, 0.25) is 0 Å². The average molecular weight is 218 g/mol. The van der Waals surface area contributed by atoms with Crippen molar-refractivity contribution in [2.75, 3.05) is 0 Å². The lowest BCUT2D eigenvalue weighted by Crippen LogP contribution is -2.42. The first-order valence-corrected chi connectivity index (χ1v) is 5.24. The second-order valence-electron chi connectivity index (χ2n) is 4.86. The van der Waals surface area contributed by atoms with E-state index in [1.54, 1.807) is 0 Å². The number of allylic oxidation sites excluding steroid dienone is 4. The van der Waals surface area contributed by atoms with Crippen molar-refractivity contribution in [2.45, 2.75) is 32.6 Å². The van der Waals surface area contributed by atoms with Crippen LogP contribution < -0.4 is 10.9 Å². The van der Waals surface area contributed by atoms with Gasteiger partial charge in [0.25, 0.3) is 5.43 Å². The Morgan fingerprint density at radius 2 is 1.88 bits per heavy atom. The van der Waals surface area contributed by atoms with Crippen LogP contribution in [0.1, 0.15) is 32.8 Å². The molecule has 1 aliphatic rings. The highest BCUT2D eigenvalue weighted by Crippen LogP contribution is 2.38. The first kappa shape index (κ1) is 10.9. The SMILES string of the molecule is CC1=CC(C)(c2c(O)c(=O)c2=O)CC(C)=C1. The van der Waals surface area contributed by atoms with Gasteiger partial charge < -0.3 is 5.11 Å². The zero-order valence-corrected chi connectivity index (χ0v) is 9.63. The molecule has 3 nitrogen and oxygen atoms in total. The number of aromatic hydroxyl groups is 1. The molecule has 0 amide bonds. The van der Waals surface area contributed by atoms with Crippen molar-refractivity contribution in [3.05, 3.63) is 49.3 Å². The molecule has 16 heavy (non-hydrogen) atoms. The quantitative estimate of drug-likeness (QED) is 0.727. The van der Waals surface area contributed by atoms with E-state index in [0.29, 0.717) is 6.42 Å². The Kier molecular flexibility index (Phi) is 2.15. The molecule has 1 atom stereocenters.